The number of anilines is 1. The van der Waals surface area contributed by atoms with Gasteiger partial charge in [-0.1, -0.05) is 31.5 Å². The Balaban J connectivity index is 1.93. The lowest BCUT2D eigenvalue weighted by Crippen LogP contribution is -2.53. The predicted molar refractivity (Wildman–Crippen MR) is 87.4 cm³/mol. The van der Waals surface area contributed by atoms with E-state index in [2.05, 4.69) is 22.5 Å². The molecule has 2 N–H and O–H groups in total. The van der Waals surface area contributed by atoms with Crippen molar-refractivity contribution in [2.45, 2.75) is 38.8 Å². The average Bonchev–Trinajstić information content (AvgIpc) is 2.54. The van der Waals surface area contributed by atoms with Crippen LogP contribution in [-0.4, -0.2) is 43.0 Å². The summed E-state index contributed by atoms with van der Waals surface area (Å²) in [4.78, 5) is 14.7. The summed E-state index contributed by atoms with van der Waals surface area (Å²) in [5, 5.41) is 6.41. The van der Waals surface area contributed by atoms with Gasteiger partial charge in [-0.3, -0.25) is 9.69 Å². The molecule has 4 heteroatoms. The number of likely N-dealkylation sites (tertiary alicyclic amines) is 1. The summed E-state index contributed by atoms with van der Waals surface area (Å²) in [7, 11) is 2.04. The Morgan fingerprint density at radius 3 is 2.71 bits per heavy atom. The molecule has 0 radical (unpaired) electrons. The smallest absolute Gasteiger partial charge is 0.241 e. The lowest BCUT2D eigenvalue weighted by Gasteiger charge is -2.40. The van der Waals surface area contributed by atoms with E-state index >= 15 is 0 Å². The van der Waals surface area contributed by atoms with Gasteiger partial charge in [-0.15, -0.1) is 0 Å². The van der Waals surface area contributed by atoms with Gasteiger partial charge in [-0.2, -0.15) is 0 Å². The van der Waals surface area contributed by atoms with Gasteiger partial charge in [-0.25, -0.2) is 0 Å². The fraction of sp³-hybridized carbons (Fsp3) is 0.588. The van der Waals surface area contributed by atoms with Gasteiger partial charge in [0.15, 0.2) is 0 Å². The van der Waals surface area contributed by atoms with Crippen LogP contribution in [0.15, 0.2) is 30.3 Å². The van der Waals surface area contributed by atoms with Crippen LogP contribution in [0, 0.1) is 5.92 Å². The second-order valence-electron chi connectivity index (χ2n) is 5.88. The molecule has 116 valence electrons. The third-order valence-corrected chi connectivity index (χ3v) is 4.63. The van der Waals surface area contributed by atoms with Crippen LogP contribution in [0.4, 0.5) is 5.69 Å². The zero-order valence-electron chi connectivity index (χ0n) is 13.3. The second kappa shape index (κ2) is 7.57. The summed E-state index contributed by atoms with van der Waals surface area (Å²) in [5.74, 6) is 0.703. The van der Waals surface area contributed by atoms with Gasteiger partial charge < -0.3 is 10.6 Å². The van der Waals surface area contributed by atoms with Gasteiger partial charge in [0.2, 0.25) is 5.91 Å². The van der Waals surface area contributed by atoms with E-state index in [1.165, 1.54) is 0 Å². The number of carbonyl (C=O) groups excluding carboxylic acids is 1. The second-order valence-corrected chi connectivity index (χ2v) is 5.88. The quantitative estimate of drug-likeness (QED) is 0.874. The lowest BCUT2D eigenvalue weighted by molar-refractivity contribution is -0.121. The van der Waals surface area contributed by atoms with E-state index in [4.69, 9.17) is 0 Å². The molecule has 4 nitrogen and oxygen atoms in total. The maximum Gasteiger partial charge on any atom is 0.241 e. The first kappa shape index (κ1) is 16.0. The van der Waals surface area contributed by atoms with Crippen molar-refractivity contribution in [1.29, 1.82) is 0 Å². The summed E-state index contributed by atoms with van der Waals surface area (Å²) < 4.78 is 0. The first-order chi connectivity index (χ1) is 10.2. The van der Waals surface area contributed by atoms with Crippen LogP contribution in [-0.2, 0) is 4.79 Å². The molecular weight excluding hydrogens is 262 g/mol. The number of carbonyl (C=O) groups is 1. The number of hydrogen-bond donors (Lipinski definition) is 2. The van der Waals surface area contributed by atoms with Crippen molar-refractivity contribution in [3.8, 4) is 0 Å². The lowest BCUT2D eigenvalue weighted by atomic mass is 9.89. The average molecular weight is 289 g/mol. The SMILES string of the molecule is CCC1CN(C(C)C(=O)Nc2ccccc2)CCC1NC. The number of nitrogens with one attached hydrogen (secondary N) is 2. The normalized spacial score (nSPS) is 24.5. The van der Waals surface area contributed by atoms with Gasteiger partial charge in [-0.05, 0) is 38.4 Å². The maximum absolute atomic E-state index is 12.4. The highest BCUT2D eigenvalue weighted by molar-refractivity contribution is 5.94. The molecule has 1 amide bonds. The number of para-hydroxylation sites is 1. The molecule has 0 aliphatic carbocycles. The monoisotopic (exact) mass is 289 g/mol. The van der Waals surface area contributed by atoms with Gasteiger partial charge in [0.25, 0.3) is 0 Å². The van der Waals surface area contributed by atoms with E-state index in [9.17, 15) is 4.79 Å². The maximum atomic E-state index is 12.4. The molecule has 1 aliphatic heterocycles. The molecule has 1 saturated heterocycles. The van der Waals surface area contributed by atoms with E-state index in [1.807, 2.05) is 44.3 Å². The highest BCUT2D eigenvalue weighted by atomic mass is 16.2. The first-order valence-corrected chi connectivity index (χ1v) is 7.93. The largest absolute Gasteiger partial charge is 0.325 e. The van der Waals surface area contributed by atoms with Crippen LogP contribution in [0.2, 0.25) is 0 Å². The molecule has 0 saturated carbocycles. The molecule has 2 rings (SSSR count). The number of rotatable bonds is 5. The Hall–Kier alpha value is -1.39. The summed E-state index contributed by atoms with van der Waals surface area (Å²) in [6.07, 6.45) is 2.26. The fourth-order valence-corrected chi connectivity index (χ4v) is 3.14. The Bertz CT molecular complexity index is 449. The minimum absolute atomic E-state index is 0.0824. The first-order valence-electron chi connectivity index (χ1n) is 7.93. The van der Waals surface area contributed by atoms with Crippen molar-refractivity contribution in [1.82, 2.24) is 10.2 Å². The topological polar surface area (TPSA) is 44.4 Å². The molecule has 0 bridgehead atoms. The zero-order valence-corrected chi connectivity index (χ0v) is 13.3. The molecule has 0 spiro atoms. The minimum atomic E-state index is -0.0861. The van der Waals surface area contributed by atoms with E-state index < -0.39 is 0 Å². The Kier molecular flexibility index (Phi) is 5.76. The molecule has 1 aromatic rings. The van der Waals surface area contributed by atoms with Crippen LogP contribution >= 0.6 is 0 Å². The van der Waals surface area contributed by atoms with E-state index in [1.54, 1.807) is 0 Å². The van der Waals surface area contributed by atoms with Crippen molar-refractivity contribution in [2.24, 2.45) is 5.92 Å². The number of nitrogens with zero attached hydrogens (tertiary/aromatic N) is 1. The molecule has 1 aliphatic rings. The summed E-state index contributed by atoms with van der Waals surface area (Å²) >= 11 is 0. The van der Waals surface area contributed by atoms with Crippen molar-refractivity contribution in [2.75, 3.05) is 25.5 Å². The van der Waals surface area contributed by atoms with Crippen molar-refractivity contribution in [3.05, 3.63) is 30.3 Å². The standard InChI is InChI=1S/C17H27N3O/c1-4-14-12-20(11-10-16(14)18-3)13(2)17(21)19-15-8-6-5-7-9-15/h5-9,13-14,16,18H,4,10-12H2,1-3H3,(H,19,21). The van der Waals surface area contributed by atoms with Crippen LogP contribution in [0.3, 0.4) is 0 Å². The number of amides is 1. The highest BCUT2D eigenvalue weighted by Crippen LogP contribution is 2.22. The van der Waals surface area contributed by atoms with Crippen molar-refractivity contribution < 1.29 is 4.79 Å². The number of piperidine rings is 1. The molecule has 3 unspecified atom stereocenters. The zero-order chi connectivity index (χ0) is 15.2. The van der Waals surface area contributed by atoms with Gasteiger partial charge >= 0.3 is 0 Å². The van der Waals surface area contributed by atoms with Crippen molar-refractivity contribution in [3.63, 3.8) is 0 Å². The third-order valence-electron chi connectivity index (χ3n) is 4.63. The van der Waals surface area contributed by atoms with Crippen molar-refractivity contribution >= 4 is 11.6 Å². The number of hydrogen-bond acceptors (Lipinski definition) is 3. The Morgan fingerprint density at radius 1 is 1.38 bits per heavy atom. The van der Waals surface area contributed by atoms with Crippen LogP contribution in [0.5, 0.6) is 0 Å². The molecule has 3 atom stereocenters. The van der Waals surface area contributed by atoms with Crippen LogP contribution < -0.4 is 10.6 Å². The van der Waals surface area contributed by atoms with E-state index in [0.717, 1.165) is 31.6 Å². The summed E-state index contributed by atoms with van der Waals surface area (Å²) in [5.41, 5.74) is 0.867. The molecule has 1 heterocycles. The molecular formula is C17H27N3O. The van der Waals surface area contributed by atoms with Crippen LogP contribution in [0.1, 0.15) is 26.7 Å². The van der Waals surface area contributed by atoms with Gasteiger partial charge in [0, 0.05) is 24.8 Å². The van der Waals surface area contributed by atoms with Gasteiger partial charge in [0.1, 0.15) is 0 Å². The molecule has 1 aromatic carbocycles. The third kappa shape index (κ3) is 4.05. The Morgan fingerprint density at radius 2 is 2.10 bits per heavy atom. The summed E-state index contributed by atoms with van der Waals surface area (Å²) in [6.45, 7) is 6.20. The summed E-state index contributed by atoms with van der Waals surface area (Å²) in [6, 6.07) is 10.2. The predicted octanol–water partition coefficient (Wildman–Crippen LogP) is 2.33. The number of benzene rings is 1. The molecule has 1 fully saturated rings. The minimum Gasteiger partial charge on any atom is -0.325 e. The Labute approximate surface area is 127 Å². The van der Waals surface area contributed by atoms with Gasteiger partial charge in [0.05, 0.1) is 6.04 Å². The van der Waals surface area contributed by atoms with Crippen LogP contribution in [0.25, 0.3) is 0 Å². The molecule has 21 heavy (non-hydrogen) atoms. The highest BCUT2D eigenvalue weighted by Gasteiger charge is 2.31. The fourth-order valence-electron chi connectivity index (χ4n) is 3.14. The van der Waals surface area contributed by atoms with E-state index in [-0.39, 0.29) is 11.9 Å². The molecule has 0 aromatic heterocycles. The van der Waals surface area contributed by atoms with E-state index in [0.29, 0.717) is 12.0 Å².